The van der Waals surface area contributed by atoms with Crippen molar-refractivity contribution < 1.29 is 13.2 Å². The molecule has 0 fully saturated rings. The van der Waals surface area contributed by atoms with Crippen molar-refractivity contribution in [3.05, 3.63) is 142 Å². The highest BCUT2D eigenvalue weighted by atomic mass is 19.1. The third-order valence-electron chi connectivity index (χ3n) is 6.28. The van der Waals surface area contributed by atoms with Crippen molar-refractivity contribution in [1.82, 2.24) is 0 Å². The second-order valence-corrected chi connectivity index (χ2v) is 11.2. The van der Waals surface area contributed by atoms with Gasteiger partial charge in [-0.1, -0.05) is 128 Å². The van der Waals surface area contributed by atoms with Crippen LogP contribution in [-0.4, -0.2) is 0 Å². The number of benzene rings is 4. The Labute approximate surface area is 241 Å². The lowest BCUT2D eigenvalue weighted by molar-refractivity contribution is 0.577. The predicted molar refractivity (Wildman–Crippen MR) is 167 cm³/mol. The van der Waals surface area contributed by atoms with Crippen LogP contribution in [0.4, 0.5) is 13.2 Å². The van der Waals surface area contributed by atoms with Gasteiger partial charge >= 0.3 is 0 Å². The summed E-state index contributed by atoms with van der Waals surface area (Å²) in [5, 5.41) is 0. The molecule has 4 aromatic rings. The second kappa shape index (κ2) is 18.1. The molecule has 0 aliphatic rings. The number of hydrogen-bond acceptors (Lipinski definition) is 0. The smallest absolute Gasteiger partial charge is 0.126 e. The van der Waals surface area contributed by atoms with Gasteiger partial charge < -0.3 is 0 Å². The molecule has 0 aliphatic carbocycles. The maximum absolute atomic E-state index is 12.5. The lowest BCUT2D eigenvalue weighted by Crippen LogP contribution is -1.90. The molecule has 0 aliphatic heterocycles. The minimum Gasteiger partial charge on any atom is -0.207 e. The van der Waals surface area contributed by atoms with E-state index in [0.717, 1.165) is 11.6 Å². The van der Waals surface area contributed by atoms with Crippen LogP contribution in [0.3, 0.4) is 0 Å². The molecule has 0 bridgehead atoms. The summed E-state index contributed by atoms with van der Waals surface area (Å²) in [6.07, 6.45) is 0. The SMILES string of the molecule is CC(C)c1cc(F)cc(F)c1.CC(C)c1cccc(F)c1.CC(C)c1ccccc1.Cc1ccc(C(C)C)cc1. The molecule has 0 unspecified atom stereocenters. The molecule has 0 heterocycles. The Morgan fingerprint density at radius 1 is 0.375 bits per heavy atom. The first kappa shape index (κ1) is 34.7. The fraction of sp³-hybridized carbons (Fsp3) is 0.351. The summed E-state index contributed by atoms with van der Waals surface area (Å²) in [6.45, 7) is 18.8. The van der Waals surface area contributed by atoms with E-state index in [1.807, 2.05) is 26.0 Å². The Balaban J connectivity index is 0.000000267. The molecule has 0 amide bonds. The van der Waals surface area contributed by atoms with Crippen LogP contribution in [0.5, 0.6) is 0 Å². The molecule has 3 heteroatoms. The molecule has 0 aromatic heterocycles. The highest BCUT2D eigenvalue weighted by molar-refractivity contribution is 5.23. The summed E-state index contributed by atoms with van der Waals surface area (Å²) < 4.78 is 37.6. The van der Waals surface area contributed by atoms with Gasteiger partial charge in [0.05, 0.1) is 0 Å². The van der Waals surface area contributed by atoms with Crippen molar-refractivity contribution in [3.8, 4) is 0 Å². The monoisotopic (exact) mass is 548 g/mol. The highest BCUT2D eigenvalue weighted by Crippen LogP contribution is 2.17. The maximum atomic E-state index is 12.5. The van der Waals surface area contributed by atoms with Gasteiger partial charge in [0, 0.05) is 6.07 Å². The predicted octanol–water partition coefficient (Wildman–Crippen LogP) is 12.0. The van der Waals surface area contributed by atoms with Crippen LogP contribution >= 0.6 is 0 Å². The molecule has 0 saturated heterocycles. The second-order valence-electron chi connectivity index (χ2n) is 11.2. The molecule has 0 atom stereocenters. The summed E-state index contributed by atoms with van der Waals surface area (Å²) >= 11 is 0. The Hall–Kier alpha value is -3.33. The van der Waals surface area contributed by atoms with E-state index in [0.29, 0.717) is 23.3 Å². The van der Waals surface area contributed by atoms with Crippen molar-refractivity contribution in [2.24, 2.45) is 0 Å². The largest absolute Gasteiger partial charge is 0.207 e. The van der Waals surface area contributed by atoms with Crippen LogP contribution in [-0.2, 0) is 0 Å². The maximum Gasteiger partial charge on any atom is 0.126 e. The first-order chi connectivity index (χ1) is 18.8. The molecule has 40 heavy (non-hydrogen) atoms. The standard InChI is InChI=1S/C10H14.C9H10F2.C9H11F.C9H12/c1-8(2)10-6-4-9(3)5-7-10;1-6(2)7-3-8(10)5-9(11)4-7;1-7(2)8-4-3-5-9(10)6-8;1-8(2)9-6-4-3-5-7-9/h4-8H,1-3H3;3-6H,1-2H3;3-7H,1-2H3;3-8H,1-2H3. The summed E-state index contributed by atoms with van der Waals surface area (Å²) in [5.74, 6) is 0.733. The first-order valence-electron chi connectivity index (χ1n) is 14.1. The van der Waals surface area contributed by atoms with Crippen LogP contribution in [0, 0.1) is 24.4 Å². The highest BCUT2D eigenvalue weighted by Gasteiger charge is 2.03. The van der Waals surface area contributed by atoms with Gasteiger partial charge in [-0.2, -0.15) is 0 Å². The summed E-state index contributed by atoms with van der Waals surface area (Å²) in [7, 11) is 0. The molecule has 0 N–H and O–H groups in total. The van der Waals surface area contributed by atoms with E-state index in [1.165, 1.54) is 34.9 Å². The molecular formula is C37H47F3. The Kier molecular flexibility index (Phi) is 15.7. The zero-order chi connectivity index (χ0) is 30.2. The van der Waals surface area contributed by atoms with Gasteiger partial charge in [0.25, 0.3) is 0 Å². The van der Waals surface area contributed by atoms with Gasteiger partial charge in [-0.05, 0) is 77.1 Å². The van der Waals surface area contributed by atoms with Gasteiger partial charge in [0.1, 0.15) is 17.5 Å². The fourth-order valence-electron chi connectivity index (χ4n) is 3.56. The Bertz CT molecular complexity index is 1200. The third kappa shape index (κ3) is 14.2. The summed E-state index contributed by atoms with van der Waals surface area (Å²) in [5.41, 5.74) is 5.93. The molecular weight excluding hydrogens is 501 g/mol. The normalized spacial score (nSPS) is 10.4. The van der Waals surface area contributed by atoms with Crippen LogP contribution in [0.1, 0.15) is 107 Å². The van der Waals surface area contributed by atoms with Gasteiger partial charge in [-0.15, -0.1) is 0 Å². The molecule has 0 saturated carbocycles. The van der Waals surface area contributed by atoms with Crippen molar-refractivity contribution in [1.29, 1.82) is 0 Å². The van der Waals surface area contributed by atoms with E-state index in [-0.39, 0.29) is 11.7 Å². The average molecular weight is 549 g/mol. The van der Waals surface area contributed by atoms with E-state index < -0.39 is 11.6 Å². The van der Waals surface area contributed by atoms with Crippen LogP contribution in [0.2, 0.25) is 0 Å². The minimum absolute atomic E-state index is 0.147. The molecule has 216 valence electrons. The van der Waals surface area contributed by atoms with Gasteiger partial charge in [0.15, 0.2) is 0 Å². The van der Waals surface area contributed by atoms with E-state index in [2.05, 4.69) is 97.0 Å². The van der Waals surface area contributed by atoms with E-state index in [4.69, 9.17) is 0 Å². The number of halogens is 3. The van der Waals surface area contributed by atoms with Crippen LogP contribution in [0.25, 0.3) is 0 Å². The Morgan fingerprint density at radius 2 is 0.775 bits per heavy atom. The first-order valence-corrected chi connectivity index (χ1v) is 14.1. The average Bonchev–Trinajstić information content (AvgIpc) is 2.90. The van der Waals surface area contributed by atoms with Gasteiger partial charge in [-0.25, -0.2) is 13.2 Å². The van der Waals surface area contributed by atoms with Gasteiger partial charge in [0.2, 0.25) is 0 Å². The van der Waals surface area contributed by atoms with Crippen LogP contribution in [0.15, 0.2) is 97.1 Å². The van der Waals surface area contributed by atoms with E-state index in [9.17, 15) is 13.2 Å². The fourth-order valence-corrected chi connectivity index (χ4v) is 3.56. The number of rotatable bonds is 4. The molecule has 0 nitrogen and oxygen atoms in total. The van der Waals surface area contributed by atoms with Crippen LogP contribution < -0.4 is 0 Å². The lowest BCUT2D eigenvalue weighted by Gasteiger charge is -2.04. The zero-order valence-electron chi connectivity index (χ0n) is 25.7. The molecule has 0 radical (unpaired) electrons. The molecule has 4 rings (SSSR count). The van der Waals surface area contributed by atoms with E-state index in [1.54, 1.807) is 12.1 Å². The summed E-state index contributed by atoms with van der Waals surface area (Å²) in [6, 6.07) is 29.5. The Morgan fingerprint density at radius 3 is 1.15 bits per heavy atom. The molecule has 0 spiro atoms. The number of hydrogen-bond donors (Lipinski definition) is 0. The summed E-state index contributed by atoms with van der Waals surface area (Å²) in [4.78, 5) is 0. The number of aryl methyl sites for hydroxylation is 1. The van der Waals surface area contributed by atoms with Crippen molar-refractivity contribution in [3.63, 3.8) is 0 Å². The zero-order valence-corrected chi connectivity index (χ0v) is 25.7. The lowest BCUT2D eigenvalue weighted by atomic mass is 10.0. The van der Waals surface area contributed by atoms with Crippen molar-refractivity contribution in [2.45, 2.75) is 86.0 Å². The van der Waals surface area contributed by atoms with Gasteiger partial charge in [-0.3, -0.25) is 0 Å². The van der Waals surface area contributed by atoms with Crippen molar-refractivity contribution in [2.75, 3.05) is 0 Å². The topological polar surface area (TPSA) is 0 Å². The van der Waals surface area contributed by atoms with E-state index >= 15 is 0 Å². The third-order valence-corrected chi connectivity index (χ3v) is 6.28. The molecule has 4 aromatic carbocycles. The van der Waals surface area contributed by atoms with Crippen molar-refractivity contribution >= 4 is 0 Å². The quantitative estimate of drug-likeness (QED) is 0.238. The minimum atomic E-state index is -0.506.